The minimum absolute atomic E-state index is 0.0177. The van der Waals surface area contributed by atoms with Gasteiger partial charge in [-0.2, -0.15) is 0 Å². The fourth-order valence-electron chi connectivity index (χ4n) is 2.49. The second-order valence-electron chi connectivity index (χ2n) is 5.66. The van der Waals surface area contributed by atoms with Crippen LogP contribution in [-0.4, -0.2) is 12.5 Å². The molecule has 2 aromatic carbocycles. The summed E-state index contributed by atoms with van der Waals surface area (Å²) in [6.45, 7) is -0.127. The van der Waals surface area contributed by atoms with Crippen molar-refractivity contribution in [3.05, 3.63) is 64.9 Å². The topological polar surface area (TPSA) is 38.3 Å². The van der Waals surface area contributed by atoms with E-state index >= 15 is 0 Å². The van der Waals surface area contributed by atoms with Crippen LogP contribution in [0.3, 0.4) is 0 Å². The zero-order valence-electron chi connectivity index (χ0n) is 12.5. The summed E-state index contributed by atoms with van der Waals surface area (Å²) in [5.41, 5.74) is 1.10. The van der Waals surface area contributed by atoms with Gasteiger partial charge in [0.2, 0.25) is 0 Å². The van der Waals surface area contributed by atoms with Crippen molar-refractivity contribution in [1.29, 1.82) is 0 Å². The van der Waals surface area contributed by atoms with Crippen LogP contribution in [0, 0.1) is 11.7 Å². The van der Waals surface area contributed by atoms with Gasteiger partial charge in [-0.1, -0.05) is 41.9 Å². The molecule has 1 saturated carbocycles. The van der Waals surface area contributed by atoms with Crippen LogP contribution in [0.4, 0.5) is 4.39 Å². The van der Waals surface area contributed by atoms with Crippen LogP contribution in [0.5, 0.6) is 5.75 Å². The van der Waals surface area contributed by atoms with Gasteiger partial charge in [0.15, 0.2) is 6.61 Å². The molecular weight excluding hydrogens is 317 g/mol. The Bertz CT molecular complexity index is 689. The van der Waals surface area contributed by atoms with E-state index < -0.39 is 5.82 Å². The molecule has 0 heterocycles. The molecule has 3 nitrogen and oxygen atoms in total. The van der Waals surface area contributed by atoms with E-state index in [1.807, 2.05) is 30.3 Å². The number of benzene rings is 2. The Hall–Kier alpha value is -2.07. The number of amides is 1. The summed E-state index contributed by atoms with van der Waals surface area (Å²) in [7, 11) is 0. The molecule has 23 heavy (non-hydrogen) atoms. The molecule has 0 radical (unpaired) electrons. The van der Waals surface area contributed by atoms with E-state index in [0.29, 0.717) is 11.7 Å². The lowest BCUT2D eigenvalue weighted by molar-refractivity contribution is -0.124. The molecule has 1 aliphatic carbocycles. The van der Waals surface area contributed by atoms with Crippen molar-refractivity contribution in [1.82, 2.24) is 5.32 Å². The van der Waals surface area contributed by atoms with E-state index in [4.69, 9.17) is 16.3 Å². The van der Waals surface area contributed by atoms with Gasteiger partial charge in [-0.3, -0.25) is 4.79 Å². The number of nitrogens with one attached hydrogen (secondary N) is 1. The first-order valence-corrected chi connectivity index (χ1v) is 7.93. The number of carbonyl (C=O) groups is 1. The summed E-state index contributed by atoms with van der Waals surface area (Å²) in [4.78, 5) is 12.1. The molecule has 5 heteroatoms. The Labute approximate surface area is 139 Å². The van der Waals surface area contributed by atoms with E-state index in [-0.39, 0.29) is 23.6 Å². The Balaban J connectivity index is 1.58. The van der Waals surface area contributed by atoms with Crippen LogP contribution in [0.1, 0.15) is 24.4 Å². The number of halogens is 2. The van der Waals surface area contributed by atoms with Gasteiger partial charge in [-0.05, 0) is 36.5 Å². The van der Waals surface area contributed by atoms with Crippen LogP contribution in [-0.2, 0) is 4.79 Å². The monoisotopic (exact) mass is 333 g/mol. The number of hydrogen-bond acceptors (Lipinski definition) is 2. The molecule has 1 fully saturated rings. The smallest absolute Gasteiger partial charge is 0.258 e. The molecule has 120 valence electrons. The summed E-state index contributed by atoms with van der Waals surface area (Å²) in [5, 5.41) is 3.00. The Morgan fingerprint density at radius 2 is 2.00 bits per heavy atom. The van der Waals surface area contributed by atoms with Crippen LogP contribution < -0.4 is 10.1 Å². The molecule has 0 aliphatic heterocycles. The molecular formula is C18H17ClFNO2. The van der Waals surface area contributed by atoms with Crippen LogP contribution in [0.2, 0.25) is 5.02 Å². The summed E-state index contributed by atoms with van der Waals surface area (Å²) in [6, 6.07) is 14.0. The minimum atomic E-state index is -0.513. The first kappa shape index (κ1) is 15.8. The van der Waals surface area contributed by atoms with Crippen LogP contribution >= 0.6 is 11.6 Å². The maximum absolute atomic E-state index is 13.1. The molecule has 0 bridgehead atoms. The van der Waals surface area contributed by atoms with Crippen LogP contribution in [0.25, 0.3) is 0 Å². The molecule has 1 N–H and O–H groups in total. The summed E-state index contributed by atoms with van der Waals surface area (Å²) in [6.07, 6.45) is 2.24. The highest BCUT2D eigenvalue weighted by Gasteiger charge is 2.33. The lowest BCUT2D eigenvalue weighted by Gasteiger charge is -2.19. The van der Waals surface area contributed by atoms with Crippen molar-refractivity contribution in [2.45, 2.75) is 18.9 Å². The first-order chi connectivity index (χ1) is 11.1. The molecule has 3 rings (SSSR count). The van der Waals surface area contributed by atoms with Crippen LogP contribution in [0.15, 0.2) is 48.5 Å². The average molecular weight is 334 g/mol. The van der Waals surface area contributed by atoms with Gasteiger partial charge in [0.25, 0.3) is 5.91 Å². The molecule has 1 amide bonds. The van der Waals surface area contributed by atoms with Gasteiger partial charge in [0.05, 0.1) is 11.1 Å². The van der Waals surface area contributed by atoms with Crippen molar-refractivity contribution >= 4 is 17.5 Å². The van der Waals surface area contributed by atoms with Crippen molar-refractivity contribution < 1.29 is 13.9 Å². The van der Waals surface area contributed by atoms with E-state index in [9.17, 15) is 9.18 Å². The van der Waals surface area contributed by atoms with Crippen molar-refractivity contribution in [3.63, 3.8) is 0 Å². The SMILES string of the molecule is O=C(COc1ccc(F)c(Cl)c1)N[C@@H](c1ccccc1)C1CC1. The Kier molecular flexibility index (Phi) is 4.82. The molecule has 1 atom stereocenters. The third kappa shape index (κ3) is 4.23. The van der Waals surface area contributed by atoms with E-state index in [2.05, 4.69) is 5.32 Å². The van der Waals surface area contributed by atoms with Crippen molar-refractivity contribution in [2.24, 2.45) is 5.92 Å². The predicted molar refractivity (Wildman–Crippen MR) is 87.0 cm³/mol. The fraction of sp³-hybridized carbons (Fsp3) is 0.278. The quantitative estimate of drug-likeness (QED) is 0.863. The molecule has 2 aromatic rings. The molecule has 0 saturated heterocycles. The highest BCUT2D eigenvalue weighted by molar-refractivity contribution is 6.30. The average Bonchev–Trinajstić information content (AvgIpc) is 3.39. The van der Waals surface area contributed by atoms with Gasteiger partial charge < -0.3 is 10.1 Å². The maximum atomic E-state index is 13.1. The van der Waals surface area contributed by atoms with E-state index in [0.717, 1.165) is 18.4 Å². The number of rotatable bonds is 6. The first-order valence-electron chi connectivity index (χ1n) is 7.55. The second kappa shape index (κ2) is 7.01. The van der Waals surface area contributed by atoms with E-state index in [1.54, 1.807) is 0 Å². The Morgan fingerprint density at radius 3 is 2.65 bits per heavy atom. The predicted octanol–water partition coefficient (Wildman–Crippen LogP) is 4.13. The highest BCUT2D eigenvalue weighted by atomic mass is 35.5. The summed E-state index contributed by atoms with van der Waals surface area (Å²) < 4.78 is 18.5. The largest absolute Gasteiger partial charge is 0.484 e. The number of carbonyl (C=O) groups excluding carboxylic acids is 1. The summed E-state index contributed by atoms with van der Waals surface area (Å²) in [5.74, 6) is 0.142. The third-order valence-corrected chi connectivity index (χ3v) is 4.12. The van der Waals surface area contributed by atoms with Gasteiger partial charge in [0, 0.05) is 6.07 Å². The number of ether oxygens (including phenoxy) is 1. The highest BCUT2D eigenvalue weighted by Crippen LogP contribution is 2.40. The lowest BCUT2D eigenvalue weighted by Crippen LogP contribution is -2.33. The third-order valence-electron chi connectivity index (χ3n) is 3.83. The molecule has 0 unspecified atom stereocenters. The Morgan fingerprint density at radius 1 is 1.26 bits per heavy atom. The summed E-state index contributed by atoms with van der Waals surface area (Å²) >= 11 is 5.69. The normalized spacial score (nSPS) is 15.0. The van der Waals surface area contributed by atoms with Gasteiger partial charge >= 0.3 is 0 Å². The minimum Gasteiger partial charge on any atom is -0.484 e. The maximum Gasteiger partial charge on any atom is 0.258 e. The number of hydrogen-bond donors (Lipinski definition) is 1. The zero-order chi connectivity index (χ0) is 16.2. The lowest BCUT2D eigenvalue weighted by atomic mass is 10.0. The van der Waals surface area contributed by atoms with Gasteiger partial charge in [0.1, 0.15) is 11.6 Å². The van der Waals surface area contributed by atoms with Gasteiger partial charge in [-0.25, -0.2) is 4.39 Å². The zero-order valence-corrected chi connectivity index (χ0v) is 13.2. The molecule has 0 aromatic heterocycles. The molecule has 0 spiro atoms. The molecule has 1 aliphatic rings. The standard InChI is InChI=1S/C18H17ClFNO2/c19-15-10-14(8-9-16(15)20)23-11-17(22)21-18(13-6-7-13)12-4-2-1-3-5-12/h1-5,8-10,13,18H,6-7,11H2,(H,21,22)/t18-/m0/s1. The van der Waals surface area contributed by atoms with Crippen molar-refractivity contribution in [3.8, 4) is 5.75 Å². The van der Waals surface area contributed by atoms with Crippen molar-refractivity contribution in [2.75, 3.05) is 6.61 Å². The van der Waals surface area contributed by atoms with E-state index in [1.165, 1.54) is 18.2 Å². The fourth-order valence-corrected chi connectivity index (χ4v) is 2.66. The van der Waals surface area contributed by atoms with Gasteiger partial charge in [-0.15, -0.1) is 0 Å². The second-order valence-corrected chi connectivity index (χ2v) is 6.07.